The Morgan fingerprint density at radius 1 is 1.14 bits per heavy atom. The van der Waals surface area contributed by atoms with E-state index in [0.717, 1.165) is 15.2 Å². The molecule has 0 amide bonds. The van der Waals surface area contributed by atoms with Crippen LogP contribution in [0.2, 0.25) is 0 Å². The van der Waals surface area contributed by atoms with Crippen LogP contribution in [0, 0.1) is 6.92 Å². The van der Waals surface area contributed by atoms with Crippen molar-refractivity contribution in [2.24, 2.45) is 7.05 Å². The number of hydrogen-bond acceptors (Lipinski definition) is 3. The zero-order valence-corrected chi connectivity index (χ0v) is 13.6. The molecule has 7 heteroatoms. The van der Waals surface area contributed by atoms with E-state index in [2.05, 4.69) is 4.98 Å². The van der Waals surface area contributed by atoms with E-state index in [9.17, 15) is 8.42 Å². The highest BCUT2D eigenvalue weighted by atomic mass is 35.5. The molecule has 1 aromatic heterocycles. The van der Waals surface area contributed by atoms with Gasteiger partial charge in [-0.05, 0) is 37.3 Å². The van der Waals surface area contributed by atoms with Crippen LogP contribution in [0.15, 0.2) is 53.4 Å². The molecule has 0 aliphatic heterocycles. The first-order valence-electron chi connectivity index (χ1n) is 6.60. The minimum Gasteiger partial charge on any atom is -0.331 e. The van der Waals surface area contributed by atoms with Gasteiger partial charge < -0.3 is 4.57 Å². The van der Waals surface area contributed by atoms with Gasteiger partial charge in [0, 0.05) is 18.8 Å². The summed E-state index contributed by atoms with van der Waals surface area (Å²) in [6.45, 7) is 1.89. The van der Waals surface area contributed by atoms with Crippen LogP contribution in [0.4, 0.5) is 5.69 Å². The van der Waals surface area contributed by atoms with Crippen LogP contribution in [-0.2, 0) is 17.1 Å². The van der Waals surface area contributed by atoms with E-state index in [1.807, 2.05) is 18.5 Å². The number of halogens is 1. The fraction of sp³-hybridized carbons (Fsp3) is 0.133. The normalized spacial score (nSPS) is 11.8. The third kappa shape index (κ3) is 2.34. The number of hydrogen-bond donors (Lipinski definition) is 0. The van der Waals surface area contributed by atoms with Crippen molar-refractivity contribution in [1.82, 2.24) is 9.55 Å². The van der Waals surface area contributed by atoms with E-state index < -0.39 is 10.0 Å². The fourth-order valence-electron chi connectivity index (χ4n) is 2.24. The molecule has 0 spiro atoms. The van der Waals surface area contributed by atoms with Gasteiger partial charge >= 0.3 is 0 Å². The van der Waals surface area contributed by atoms with E-state index in [-0.39, 0.29) is 4.90 Å². The molecule has 3 rings (SSSR count). The quantitative estimate of drug-likeness (QED) is 0.690. The van der Waals surface area contributed by atoms with E-state index in [0.29, 0.717) is 11.2 Å². The van der Waals surface area contributed by atoms with Crippen molar-refractivity contribution in [2.75, 3.05) is 3.82 Å². The van der Waals surface area contributed by atoms with Gasteiger partial charge in [-0.15, -0.1) is 0 Å². The lowest BCUT2D eigenvalue weighted by molar-refractivity contribution is 0.598. The van der Waals surface area contributed by atoms with Gasteiger partial charge in [-0.2, -0.15) is 12.2 Å². The Morgan fingerprint density at radius 2 is 1.82 bits per heavy atom. The molecule has 2 aromatic carbocycles. The summed E-state index contributed by atoms with van der Waals surface area (Å²) in [6, 6.07) is 13.2. The Kier molecular flexibility index (Phi) is 3.58. The van der Waals surface area contributed by atoms with E-state index in [4.69, 9.17) is 11.8 Å². The highest BCUT2D eigenvalue weighted by Gasteiger charge is 2.23. The molecule has 3 aromatic rings. The standard InChI is InChI=1S/C15H14ClN3O2S/c1-11-17-14-10-12(8-9-15(14)18(11)2)19(16)22(20,21)13-6-4-3-5-7-13/h3-10H,1-2H3. The zero-order chi connectivity index (χ0) is 15.9. The van der Waals surface area contributed by atoms with Crippen molar-refractivity contribution in [3.8, 4) is 0 Å². The number of aromatic nitrogens is 2. The predicted octanol–water partition coefficient (Wildman–Crippen LogP) is 3.23. The molecule has 0 saturated carbocycles. The third-order valence-electron chi connectivity index (χ3n) is 3.54. The second kappa shape index (κ2) is 5.30. The van der Waals surface area contributed by atoms with Crippen LogP contribution >= 0.6 is 11.8 Å². The lowest BCUT2D eigenvalue weighted by Gasteiger charge is -2.16. The van der Waals surface area contributed by atoms with Gasteiger partial charge in [0.15, 0.2) is 0 Å². The summed E-state index contributed by atoms with van der Waals surface area (Å²) in [7, 11) is -1.89. The first-order chi connectivity index (χ1) is 10.4. The molecule has 114 valence electrons. The zero-order valence-electron chi connectivity index (χ0n) is 12.1. The van der Waals surface area contributed by atoms with Gasteiger partial charge in [0.05, 0.1) is 21.6 Å². The van der Waals surface area contributed by atoms with E-state index in [1.165, 1.54) is 12.1 Å². The maximum Gasteiger partial charge on any atom is 0.278 e. The summed E-state index contributed by atoms with van der Waals surface area (Å²) >= 11 is 6.09. The summed E-state index contributed by atoms with van der Waals surface area (Å²) in [5.41, 5.74) is 1.98. The van der Waals surface area contributed by atoms with Gasteiger partial charge in [0.2, 0.25) is 0 Å². The van der Waals surface area contributed by atoms with Crippen molar-refractivity contribution >= 4 is 38.5 Å². The van der Waals surface area contributed by atoms with Gasteiger partial charge in [0.25, 0.3) is 10.0 Å². The first kappa shape index (κ1) is 14.9. The minimum atomic E-state index is -3.80. The minimum absolute atomic E-state index is 0.141. The lowest BCUT2D eigenvalue weighted by atomic mass is 10.3. The molecule has 0 fully saturated rings. The van der Waals surface area contributed by atoms with Crippen molar-refractivity contribution in [1.29, 1.82) is 0 Å². The van der Waals surface area contributed by atoms with Crippen LogP contribution in [0.3, 0.4) is 0 Å². The molecule has 0 aliphatic rings. The SMILES string of the molecule is Cc1nc2cc(N(Cl)S(=O)(=O)c3ccccc3)ccc2n1C. The topological polar surface area (TPSA) is 55.2 Å². The largest absolute Gasteiger partial charge is 0.331 e. The van der Waals surface area contributed by atoms with Crippen LogP contribution in [0.1, 0.15) is 5.82 Å². The van der Waals surface area contributed by atoms with Gasteiger partial charge in [-0.1, -0.05) is 18.2 Å². The second-order valence-corrected chi connectivity index (χ2v) is 7.25. The summed E-state index contributed by atoms with van der Waals surface area (Å²) in [5, 5.41) is 0. The van der Waals surface area contributed by atoms with Crippen molar-refractivity contribution < 1.29 is 8.42 Å². The highest BCUT2D eigenvalue weighted by Crippen LogP contribution is 2.28. The molecule has 0 atom stereocenters. The van der Waals surface area contributed by atoms with Crippen LogP contribution < -0.4 is 3.82 Å². The van der Waals surface area contributed by atoms with Gasteiger partial charge in [-0.3, -0.25) is 0 Å². The highest BCUT2D eigenvalue weighted by molar-refractivity contribution is 7.94. The molecule has 0 aliphatic carbocycles. The number of nitrogens with zero attached hydrogens (tertiary/aromatic N) is 3. The molecule has 0 saturated heterocycles. The maximum atomic E-state index is 12.5. The van der Waals surface area contributed by atoms with E-state index in [1.54, 1.807) is 36.4 Å². The lowest BCUT2D eigenvalue weighted by Crippen LogP contribution is -2.21. The fourth-order valence-corrected chi connectivity index (χ4v) is 3.66. The molecular weight excluding hydrogens is 322 g/mol. The van der Waals surface area contributed by atoms with Gasteiger partial charge in [-0.25, -0.2) is 4.98 Å². The Morgan fingerprint density at radius 3 is 2.50 bits per heavy atom. The van der Waals surface area contributed by atoms with Crippen LogP contribution in [0.25, 0.3) is 11.0 Å². The Balaban J connectivity index is 2.07. The predicted molar refractivity (Wildman–Crippen MR) is 87.4 cm³/mol. The molecule has 0 N–H and O–H groups in total. The average molecular weight is 336 g/mol. The van der Waals surface area contributed by atoms with Crippen LogP contribution in [-0.4, -0.2) is 18.0 Å². The third-order valence-corrected chi connectivity index (χ3v) is 5.78. The Labute approximate surface area is 133 Å². The molecule has 0 bridgehead atoms. The Bertz CT molecular complexity index is 936. The van der Waals surface area contributed by atoms with Crippen molar-refractivity contribution in [3.05, 3.63) is 54.4 Å². The summed E-state index contributed by atoms with van der Waals surface area (Å²) in [5.74, 6) is 0.846. The molecular formula is C15H14ClN3O2S. The molecule has 0 unspecified atom stereocenters. The summed E-state index contributed by atoms with van der Waals surface area (Å²) in [6.07, 6.45) is 0. The summed E-state index contributed by atoms with van der Waals surface area (Å²) in [4.78, 5) is 4.53. The number of imidazole rings is 1. The average Bonchev–Trinajstić information content (AvgIpc) is 2.81. The first-order valence-corrected chi connectivity index (χ1v) is 8.38. The number of fused-ring (bicyclic) bond motifs is 1. The van der Waals surface area contributed by atoms with Crippen molar-refractivity contribution in [2.45, 2.75) is 11.8 Å². The number of aryl methyl sites for hydroxylation is 2. The monoisotopic (exact) mass is 335 g/mol. The Hall–Kier alpha value is -2.05. The smallest absolute Gasteiger partial charge is 0.278 e. The number of sulfonamides is 1. The number of rotatable bonds is 3. The van der Waals surface area contributed by atoms with Crippen molar-refractivity contribution in [3.63, 3.8) is 0 Å². The number of anilines is 1. The maximum absolute atomic E-state index is 12.5. The molecule has 22 heavy (non-hydrogen) atoms. The molecule has 5 nitrogen and oxygen atoms in total. The molecule has 1 heterocycles. The summed E-state index contributed by atoms with van der Waals surface area (Å²) < 4.78 is 27.7. The van der Waals surface area contributed by atoms with Crippen LogP contribution in [0.5, 0.6) is 0 Å². The van der Waals surface area contributed by atoms with E-state index >= 15 is 0 Å². The molecule has 0 radical (unpaired) electrons. The van der Waals surface area contributed by atoms with Gasteiger partial charge in [0.1, 0.15) is 5.82 Å². The number of benzene rings is 2. The second-order valence-electron chi connectivity index (χ2n) is 4.92.